The van der Waals surface area contributed by atoms with Gasteiger partial charge in [-0.1, -0.05) is 25.1 Å². The quantitative estimate of drug-likeness (QED) is 0.738. The van der Waals surface area contributed by atoms with E-state index in [4.69, 9.17) is 4.74 Å². The Morgan fingerprint density at radius 1 is 1.26 bits per heavy atom. The maximum Gasteiger partial charge on any atom is 0.0482 e. The highest BCUT2D eigenvalue weighted by Gasteiger charge is 2.07. The molecule has 0 radical (unpaired) electrons. The average molecular weight is 260 g/mol. The van der Waals surface area contributed by atoms with E-state index in [-0.39, 0.29) is 0 Å². The van der Waals surface area contributed by atoms with E-state index in [1.807, 2.05) is 0 Å². The normalized spacial score (nSPS) is 11.3. The molecule has 2 rings (SSSR count). The maximum atomic E-state index is 5.16. The molecule has 2 aromatic rings. The average Bonchev–Trinajstić information content (AvgIpc) is 2.78. The lowest BCUT2D eigenvalue weighted by Gasteiger charge is -2.11. The molecular weight excluding hydrogens is 236 g/mol. The predicted molar refractivity (Wildman–Crippen MR) is 80.4 cm³/mol. The number of nitrogens with zero attached hydrogens (tertiary/aromatic N) is 1. The van der Waals surface area contributed by atoms with Gasteiger partial charge in [-0.2, -0.15) is 0 Å². The molecule has 3 heteroatoms. The molecule has 0 aliphatic rings. The van der Waals surface area contributed by atoms with Crippen LogP contribution in [0.2, 0.25) is 0 Å². The highest BCUT2D eigenvalue weighted by molar-refractivity contribution is 5.81. The number of hydrogen-bond acceptors (Lipinski definition) is 2. The van der Waals surface area contributed by atoms with Gasteiger partial charge in [0.15, 0.2) is 0 Å². The summed E-state index contributed by atoms with van der Waals surface area (Å²) in [5.41, 5.74) is 2.69. The Morgan fingerprint density at radius 3 is 2.89 bits per heavy atom. The number of aromatic nitrogens is 1. The number of methoxy groups -OCH3 is 1. The Labute approximate surface area is 115 Å². The molecule has 1 heterocycles. The van der Waals surface area contributed by atoms with Crippen LogP contribution in [0.1, 0.15) is 25.5 Å². The lowest BCUT2D eigenvalue weighted by Crippen LogP contribution is -2.17. The van der Waals surface area contributed by atoms with E-state index < -0.39 is 0 Å². The Bertz CT molecular complexity index is 504. The Hall–Kier alpha value is -1.32. The maximum absolute atomic E-state index is 5.16. The van der Waals surface area contributed by atoms with Gasteiger partial charge in [-0.3, -0.25) is 0 Å². The van der Waals surface area contributed by atoms with Gasteiger partial charge in [-0.25, -0.2) is 0 Å². The Morgan fingerprint density at radius 2 is 2.11 bits per heavy atom. The molecule has 0 bridgehead atoms. The lowest BCUT2D eigenvalue weighted by atomic mass is 10.2. The highest BCUT2D eigenvalue weighted by Crippen LogP contribution is 2.20. The van der Waals surface area contributed by atoms with Crippen molar-refractivity contribution in [2.45, 2.75) is 32.9 Å². The molecular formula is C16H24N2O. The third kappa shape index (κ3) is 3.58. The Kier molecular flexibility index (Phi) is 5.43. The highest BCUT2D eigenvalue weighted by atomic mass is 16.5. The first-order chi connectivity index (χ1) is 9.36. The molecule has 0 spiro atoms. The van der Waals surface area contributed by atoms with E-state index >= 15 is 0 Å². The van der Waals surface area contributed by atoms with Crippen LogP contribution in [0.25, 0.3) is 10.9 Å². The third-order valence-corrected chi connectivity index (χ3v) is 3.36. The zero-order valence-corrected chi connectivity index (χ0v) is 12.0. The first-order valence-corrected chi connectivity index (χ1v) is 7.13. The number of aryl methyl sites for hydroxylation is 1. The molecule has 0 unspecified atom stereocenters. The molecule has 1 N–H and O–H groups in total. The van der Waals surface area contributed by atoms with Crippen molar-refractivity contribution in [1.29, 1.82) is 0 Å². The van der Waals surface area contributed by atoms with Crippen molar-refractivity contribution in [2.75, 3.05) is 20.3 Å². The van der Waals surface area contributed by atoms with Crippen molar-refractivity contribution >= 4 is 10.9 Å². The topological polar surface area (TPSA) is 26.2 Å². The summed E-state index contributed by atoms with van der Waals surface area (Å²) in [4.78, 5) is 0. The van der Waals surface area contributed by atoms with Crippen LogP contribution in [0, 0.1) is 0 Å². The lowest BCUT2D eigenvalue weighted by molar-refractivity contribution is 0.190. The summed E-state index contributed by atoms with van der Waals surface area (Å²) in [5, 5.41) is 4.82. The van der Waals surface area contributed by atoms with Gasteiger partial charge in [0.2, 0.25) is 0 Å². The van der Waals surface area contributed by atoms with E-state index in [2.05, 4.69) is 47.1 Å². The summed E-state index contributed by atoms with van der Waals surface area (Å²) in [6.07, 6.45) is 2.22. The summed E-state index contributed by atoms with van der Waals surface area (Å²) in [5.74, 6) is 0. The van der Waals surface area contributed by atoms with Crippen molar-refractivity contribution in [3.8, 4) is 0 Å². The molecule has 1 aromatic heterocycles. The predicted octanol–water partition coefficient (Wildman–Crippen LogP) is 3.18. The van der Waals surface area contributed by atoms with Gasteiger partial charge in [0.25, 0.3) is 0 Å². The second kappa shape index (κ2) is 7.31. The molecule has 0 saturated carbocycles. The van der Waals surface area contributed by atoms with Gasteiger partial charge >= 0.3 is 0 Å². The van der Waals surface area contributed by atoms with E-state index in [0.29, 0.717) is 0 Å². The summed E-state index contributed by atoms with van der Waals surface area (Å²) in [6.45, 7) is 6.04. The van der Waals surface area contributed by atoms with E-state index in [9.17, 15) is 0 Å². The first kappa shape index (κ1) is 14.1. The second-order valence-corrected chi connectivity index (χ2v) is 4.87. The van der Waals surface area contributed by atoms with Crippen molar-refractivity contribution in [3.63, 3.8) is 0 Å². The fraction of sp³-hybridized carbons (Fsp3) is 0.500. The van der Waals surface area contributed by atoms with Gasteiger partial charge in [-0.15, -0.1) is 0 Å². The van der Waals surface area contributed by atoms with Crippen LogP contribution in [0.5, 0.6) is 0 Å². The van der Waals surface area contributed by atoms with Crippen molar-refractivity contribution < 1.29 is 4.74 Å². The fourth-order valence-electron chi connectivity index (χ4n) is 2.44. The molecule has 19 heavy (non-hydrogen) atoms. The summed E-state index contributed by atoms with van der Waals surface area (Å²) in [7, 11) is 1.76. The molecule has 0 atom stereocenters. The van der Waals surface area contributed by atoms with Crippen LogP contribution >= 0.6 is 0 Å². The number of rotatable bonds is 8. The van der Waals surface area contributed by atoms with Gasteiger partial charge in [0.05, 0.1) is 0 Å². The minimum atomic E-state index is 0.814. The van der Waals surface area contributed by atoms with Crippen LogP contribution < -0.4 is 5.32 Å². The number of nitrogens with one attached hydrogen (secondary N) is 1. The minimum absolute atomic E-state index is 0.814. The number of para-hydroxylation sites is 1. The van der Waals surface area contributed by atoms with Crippen LogP contribution in [-0.2, 0) is 17.8 Å². The number of fused-ring (bicyclic) bond motifs is 1. The van der Waals surface area contributed by atoms with E-state index in [1.165, 1.54) is 23.0 Å². The number of benzene rings is 1. The molecule has 0 fully saturated rings. The first-order valence-electron chi connectivity index (χ1n) is 7.13. The molecule has 0 aliphatic heterocycles. The van der Waals surface area contributed by atoms with Crippen LogP contribution in [0.4, 0.5) is 0 Å². The van der Waals surface area contributed by atoms with Crippen molar-refractivity contribution in [3.05, 3.63) is 36.0 Å². The Balaban J connectivity index is 2.18. The molecule has 1 aromatic carbocycles. The fourth-order valence-corrected chi connectivity index (χ4v) is 2.44. The molecule has 104 valence electrons. The number of ether oxygens (including phenoxy) is 1. The smallest absolute Gasteiger partial charge is 0.0482 e. The molecule has 3 nitrogen and oxygen atoms in total. The SMILES string of the molecule is CCCNCc1cc2ccccc2n1CCCOC. The van der Waals surface area contributed by atoms with E-state index in [0.717, 1.165) is 32.7 Å². The summed E-state index contributed by atoms with van der Waals surface area (Å²) in [6, 6.07) is 10.9. The van der Waals surface area contributed by atoms with Gasteiger partial charge < -0.3 is 14.6 Å². The zero-order valence-electron chi connectivity index (χ0n) is 12.0. The molecule has 0 saturated heterocycles. The van der Waals surface area contributed by atoms with Crippen molar-refractivity contribution in [1.82, 2.24) is 9.88 Å². The summed E-state index contributed by atoms with van der Waals surface area (Å²) < 4.78 is 7.58. The largest absolute Gasteiger partial charge is 0.385 e. The minimum Gasteiger partial charge on any atom is -0.385 e. The monoisotopic (exact) mass is 260 g/mol. The van der Waals surface area contributed by atoms with E-state index in [1.54, 1.807) is 7.11 Å². The second-order valence-electron chi connectivity index (χ2n) is 4.87. The summed E-state index contributed by atoms with van der Waals surface area (Å²) >= 11 is 0. The standard InChI is InChI=1S/C16H24N2O/c1-3-9-17-13-15-12-14-7-4-5-8-16(14)18(15)10-6-11-19-2/h4-5,7-8,12,17H,3,6,9-11,13H2,1-2H3. The van der Waals surface area contributed by atoms with Crippen LogP contribution in [0.3, 0.4) is 0 Å². The van der Waals surface area contributed by atoms with Crippen LogP contribution in [-0.4, -0.2) is 24.8 Å². The molecule has 0 aliphatic carbocycles. The van der Waals surface area contributed by atoms with Gasteiger partial charge in [-0.05, 0) is 36.9 Å². The van der Waals surface area contributed by atoms with Crippen molar-refractivity contribution in [2.24, 2.45) is 0 Å². The molecule has 0 amide bonds. The number of hydrogen-bond donors (Lipinski definition) is 1. The van der Waals surface area contributed by atoms with Crippen LogP contribution in [0.15, 0.2) is 30.3 Å². The third-order valence-electron chi connectivity index (χ3n) is 3.36. The van der Waals surface area contributed by atoms with Gasteiger partial charge in [0.1, 0.15) is 0 Å². The zero-order chi connectivity index (χ0) is 13.5. The van der Waals surface area contributed by atoms with Gasteiger partial charge in [0, 0.05) is 38.0 Å².